The molecule has 0 aromatic rings. The van der Waals surface area contributed by atoms with Gasteiger partial charge in [0.15, 0.2) is 0 Å². The fraction of sp³-hybridized carbons (Fsp3) is 0.833. The van der Waals surface area contributed by atoms with Crippen molar-refractivity contribution in [1.82, 2.24) is 10.2 Å². The quantitative estimate of drug-likeness (QED) is 0.478. The van der Waals surface area contributed by atoms with E-state index in [1.807, 2.05) is 0 Å². The van der Waals surface area contributed by atoms with Crippen LogP contribution >= 0.6 is 0 Å². The number of hydrogen-bond acceptors (Lipinski definition) is 2. The summed E-state index contributed by atoms with van der Waals surface area (Å²) in [5.74, 6) is 0. The Morgan fingerprint density at radius 1 is 1.75 bits per heavy atom. The third-order valence-corrected chi connectivity index (χ3v) is 1.45. The third kappa shape index (κ3) is 1.46. The van der Waals surface area contributed by atoms with Crippen molar-refractivity contribution in [2.45, 2.75) is 13.0 Å². The van der Waals surface area contributed by atoms with Crippen LogP contribution in [0.5, 0.6) is 0 Å². The third-order valence-electron chi connectivity index (χ3n) is 1.45. The lowest BCUT2D eigenvalue weighted by atomic mass is 10.2. The van der Waals surface area contributed by atoms with Gasteiger partial charge in [-0.2, -0.15) is 0 Å². The number of nitrogens with zero attached hydrogens (tertiary/aromatic N) is 1. The molecule has 2 heteroatoms. The van der Waals surface area contributed by atoms with Crippen LogP contribution in [-0.4, -0.2) is 30.6 Å². The van der Waals surface area contributed by atoms with Gasteiger partial charge in [-0.1, -0.05) is 0 Å². The van der Waals surface area contributed by atoms with Gasteiger partial charge in [-0.25, -0.2) is 0 Å². The Morgan fingerprint density at radius 2 is 2.50 bits per heavy atom. The average molecular weight is 113 g/mol. The first-order valence-corrected chi connectivity index (χ1v) is 3.08. The van der Waals surface area contributed by atoms with Gasteiger partial charge in [0.1, 0.15) is 0 Å². The first-order chi connectivity index (χ1) is 3.79. The molecule has 1 rings (SSSR count). The lowest BCUT2D eigenvalue weighted by Crippen LogP contribution is -2.46. The summed E-state index contributed by atoms with van der Waals surface area (Å²) in [7, 11) is 3.84. The van der Waals surface area contributed by atoms with Gasteiger partial charge in [-0.15, -0.1) is 0 Å². The highest BCUT2D eigenvalue weighted by molar-refractivity contribution is 4.73. The van der Waals surface area contributed by atoms with E-state index in [1.54, 1.807) is 0 Å². The predicted octanol–water partition coefficient (Wildman–Crippen LogP) is 0.0717. The zero-order chi connectivity index (χ0) is 5.98. The van der Waals surface area contributed by atoms with E-state index in [0.29, 0.717) is 6.04 Å². The summed E-state index contributed by atoms with van der Waals surface area (Å²) in [6.07, 6.45) is 0. The van der Waals surface area contributed by atoms with Gasteiger partial charge in [-0.3, -0.25) is 4.90 Å². The molecule has 0 amide bonds. The Balaban J connectivity index is 2.23. The maximum absolute atomic E-state index is 3.84. The second-order valence-corrected chi connectivity index (χ2v) is 2.43. The molecule has 0 saturated carbocycles. The smallest absolute Gasteiger partial charge is 0.0167 e. The highest BCUT2D eigenvalue weighted by atomic mass is 15.2. The molecule has 0 aromatic heterocycles. The van der Waals surface area contributed by atoms with E-state index >= 15 is 0 Å². The fourth-order valence-electron chi connectivity index (χ4n) is 1.01. The van der Waals surface area contributed by atoms with Gasteiger partial charge < -0.3 is 5.32 Å². The molecule has 0 aromatic carbocycles. The Hall–Kier alpha value is -0.0800. The maximum Gasteiger partial charge on any atom is 0.0167 e. The summed E-state index contributed by atoms with van der Waals surface area (Å²) in [5.41, 5.74) is 0. The minimum absolute atomic E-state index is 0.626. The van der Waals surface area contributed by atoms with Crippen LogP contribution < -0.4 is 5.32 Å². The van der Waals surface area contributed by atoms with Gasteiger partial charge in [0, 0.05) is 32.7 Å². The molecule has 1 N–H and O–H groups in total. The molecule has 1 fully saturated rings. The van der Waals surface area contributed by atoms with Gasteiger partial charge >= 0.3 is 0 Å². The van der Waals surface area contributed by atoms with Crippen molar-refractivity contribution in [3.05, 3.63) is 7.05 Å². The molecule has 0 bridgehead atoms. The molecule has 1 radical (unpaired) electrons. The van der Waals surface area contributed by atoms with E-state index in [0.717, 1.165) is 19.6 Å². The van der Waals surface area contributed by atoms with Crippen molar-refractivity contribution in [1.29, 1.82) is 0 Å². The summed E-state index contributed by atoms with van der Waals surface area (Å²) >= 11 is 0. The molecule has 47 valence electrons. The van der Waals surface area contributed by atoms with E-state index in [-0.39, 0.29) is 0 Å². The molecule has 1 unspecified atom stereocenters. The first-order valence-electron chi connectivity index (χ1n) is 3.08. The lowest BCUT2D eigenvalue weighted by Gasteiger charge is -2.27. The monoisotopic (exact) mass is 113 g/mol. The van der Waals surface area contributed by atoms with Gasteiger partial charge in [0.2, 0.25) is 0 Å². The fourth-order valence-corrected chi connectivity index (χ4v) is 1.01. The summed E-state index contributed by atoms with van der Waals surface area (Å²) in [4.78, 5) is 2.10. The summed E-state index contributed by atoms with van der Waals surface area (Å²) in [5, 5.41) is 3.33. The Labute approximate surface area is 50.9 Å². The van der Waals surface area contributed by atoms with E-state index in [4.69, 9.17) is 0 Å². The molecule has 1 aliphatic rings. The standard InChI is InChI=1S/C6H13N2/c1-6-5-8(2)4-3-7-6/h6-7H,2-5H2,1H3. The maximum atomic E-state index is 3.84. The van der Waals surface area contributed by atoms with Crippen LogP contribution in [0, 0.1) is 7.05 Å². The topological polar surface area (TPSA) is 15.3 Å². The number of rotatable bonds is 0. The van der Waals surface area contributed by atoms with Crippen LogP contribution in [0.2, 0.25) is 0 Å². The van der Waals surface area contributed by atoms with Gasteiger partial charge in [-0.05, 0) is 6.92 Å². The van der Waals surface area contributed by atoms with Gasteiger partial charge in [0.05, 0.1) is 0 Å². The van der Waals surface area contributed by atoms with Crippen molar-refractivity contribution in [3.8, 4) is 0 Å². The largest absolute Gasteiger partial charge is 0.312 e. The molecule has 1 heterocycles. The molecule has 1 atom stereocenters. The number of piperazine rings is 1. The second kappa shape index (κ2) is 2.46. The average Bonchev–Trinajstić information content (AvgIpc) is 1.64. The number of nitrogens with one attached hydrogen (secondary N) is 1. The molecule has 2 nitrogen and oxygen atoms in total. The van der Waals surface area contributed by atoms with E-state index in [9.17, 15) is 0 Å². The summed E-state index contributed by atoms with van der Waals surface area (Å²) in [6, 6.07) is 0.626. The molecule has 1 saturated heterocycles. The predicted molar refractivity (Wildman–Crippen MR) is 34.4 cm³/mol. The molecular formula is C6H13N2. The Kier molecular flexibility index (Phi) is 1.86. The van der Waals surface area contributed by atoms with E-state index < -0.39 is 0 Å². The molecule has 1 aliphatic heterocycles. The Bertz CT molecular complexity index is 64.9. The molecular weight excluding hydrogens is 100 g/mol. The highest BCUT2D eigenvalue weighted by Gasteiger charge is 2.09. The first kappa shape index (κ1) is 6.05. The lowest BCUT2D eigenvalue weighted by molar-refractivity contribution is 0.272. The van der Waals surface area contributed by atoms with E-state index in [2.05, 4.69) is 24.2 Å². The van der Waals surface area contributed by atoms with Crippen molar-refractivity contribution in [3.63, 3.8) is 0 Å². The minimum atomic E-state index is 0.626. The van der Waals surface area contributed by atoms with Crippen molar-refractivity contribution in [2.75, 3.05) is 19.6 Å². The normalized spacial score (nSPS) is 33.0. The second-order valence-electron chi connectivity index (χ2n) is 2.43. The molecule has 0 spiro atoms. The number of hydrogen-bond donors (Lipinski definition) is 1. The van der Waals surface area contributed by atoms with Crippen LogP contribution in [0.1, 0.15) is 6.92 Å². The van der Waals surface area contributed by atoms with Crippen LogP contribution in [0.4, 0.5) is 0 Å². The summed E-state index contributed by atoms with van der Waals surface area (Å²) < 4.78 is 0. The van der Waals surface area contributed by atoms with Crippen LogP contribution in [0.3, 0.4) is 0 Å². The SMILES string of the molecule is [CH2]N1CCNC(C)C1. The Morgan fingerprint density at radius 3 is 2.88 bits per heavy atom. The summed E-state index contributed by atoms with van der Waals surface area (Å²) in [6.45, 7) is 5.44. The minimum Gasteiger partial charge on any atom is -0.312 e. The van der Waals surface area contributed by atoms with Crippen LogP contribution in [0.25, 0.3) is 0 Å². The zero-order valence-electron chi connectivity index (χ0n) is 5.35. The van der Waals surface area contributed by atoms with Crippen molar-refractivity contribution in [2.24, 2.45) is 0 Å². The van der Waals surface area contributed by atoms with Crippen molar-refractivity contribution < 1.29 is 0 Å². The molecule has 0 aliphatic carbocycles. The van der Waals surface area contributed by atoms with Crippen LogP contribution in [-0.2, 0) is 0 Å². The van der Waals surface area contributed by atoms with Crippen molar-refractivity contribution >= 4 is 0 Å². The van der Waals surface area contributed by atoms with E-state index in [1.165, 1.54) is 0 Å². The molecule has 8 heavy (non-hydrogen) atoms. The van der Waals surface area contributed by atoms with Crippen LogP contribution in [0.15, 0.2) is 0 Å². The highest BCUT2D eigenvalue weighted by Crippen LogP contribution is 1.93. The van der Waals surface area contributed by atoms with Gasteiger partial charge in [0.25, 0.3) is 0 Å². The zero-order valence-corrected chi connectivity index (χ0v) is 5.35.